The van der Waals surface area contributed by atoms with Gasteiger partial charge in [0, 0.05) is 13.1 Å². The van der Waals surface area contributed by atoms with Crippen LogP contribution >= 0.6 is 0 Å². The molecule has 0 aromatic heterocycles. The molecule has 2 nitrogen and oxygen atoms in total. The van der Waals surface area contributed by atoms with E-state index in [2.05, 4.69) is 56.9 Å². The number of hydrogen-bond donors (Lipinski definition) is 1. The highest BCUT2D eigenvalue weighted by Crippen LogP contribution is 2.22. The van der Waals surface area contributed by atoms with Crippen molar-refractivity contribution in [2.24, 2.45) is 0 Å². The van der Waals surface area contributed by atoms with Gasteiger partial charge >= 0.3 is 0 Å². The maximum Gasteiger partial charge on any atom is 0.0558 e. The Balaban J connectivity index is 2.68. The summed E-state index contributed by atoms with van der Waals surface area (Å²) in [4.78, 5) is 2.24. The Morgan fingerprint density at radius 1 is 1.12 bits per heavy atom. The van der Waals surface area contributed by atoms with Gasteiger partial charge in [-0.25, -0.2) is 0 Å². The van der Waals surface area contributed by atoms with Crippen LogP contribution in [0.4, 0.5) is 0 Å². The van der Waals surface area contributed by atoms with Crippen LogP contribution < -0.4 is 0 Å². The highest BCUT2D eigenvalue weighted by atomic mass is 16.3. The SMILES string of the molecule is CCN(CCO)Cc1ccc(C(C)(C)C)cc1. The first-order valence-corrected chi connectivity index (χ1v) is 6.40. The topological polar surface area (TPSA) is 23.5 Å². The maximum atomic E-state index is 8.95. The molecule has 1 aromatic rings. The molecule has 2 heteroatoms. The quantitative estimate of drug-likeness (QED) is 0.848. The maximum absolute atomic E-state index is 8.95. The minimum Gasteiger partial charge on any atom is -0.395 e. The molecule has 17 heavy (non-hydrogen) atoms. The summed E-state index contributed by atoms with van der Waals surface area (Å²) >= 11 is 0. The number of likely N-dealkylation sites (N-methyl/N-ethyl adjacent to an activating group) is 1. The zero-order valence-corrected chi connectivity index (χ0v) is 11.5. The molecule has 0 amide bonds. The van der Waals surface area contributed by atoms with E-state index in [0.717, 1.165) is 19.6 Å². The average molecular weight is 235 g/mol. The Morgan fingerprint density at radius 2 is 1.71 bits per heavy atom. The standard InChI is InChI=1S/C15H25NO/c1-5-16(10-11-17)12-13-6-8-14(9-7-13)15(2,3)4/h6-9,17H,5,10-12H2,1-4H3. The third-order valence-corrected chi connectivity index (χ3v) is 3.09. The van der Waals surface area contributed by atoms with Crippen molar-refractivity contribution in [2.75, 3.05) is 19.7 Å². The molecule has 1 rings (SSSR count). The molecule has 0 unspecified atom stereocenters. The predicted octanol–water partition coefficient (Wildman–Crippen LogP) is 2.80. The van der Waals surface area contributed by atoms with Gasteiger partial charge in [0.25, 0.3) is 0 Å². The minimum absolute atomic E-state index is 0.216. The van der Waals surface area contributed by atoms with E-state index in [9.17, 15) is 0 Å². The molecular formula is C15H25NO. The summed E-state index contributed by atoms with van der Waals surface area (Å²) in [5.41, 5.74) is 2.90. The molecule has 1 aromatic carbocycles. The second kappa shape index (κ2) is 6.18. The molecule has 0 saturated heterocycles. The third-order valence-electron chi connectivity index (χ3n) is 3.09. The van der Waals surface area contributed by atoms with E-state index in [1.165, 1.54) is 11.1 Å². The second-order valence-electron chi connectivity index (χ2n) is 5.54. The number of rotatable bonds is 5. The van der Waals surface area contributed by atoms with Gasteiger partial charge in [-0.05, 0) is 23.1 Å². The summed E-state index contributed by atoms with van der Waals surface area (Å²) in [7, 11) is 0. The van der Waals surface area contributed by atoms with Crippen molar-refractivity contribution in [2.45, 2.75) is 39.7 Å². The molecular weight excluding hydrogens is 210 g/mol. The zero-order chi connectivity index (χ0) is 12.9. The van der Waals surface area contributed by atoms with Gasteiger partial charge in [0.1, 0.15) is 0 Å². The normalized spacial score (nSPS) is 12.1. The van der Waals surface area contributed by atoms with E-state index in [1.54, 1.807) is 0 Å². The van der Waals surface area contributed by atoms with E-state index in [0.29, 0.717) is 0 Å². The van der Waals surface area contributed by atoms with Crippen LogP contribution in [0.1, 0.15) is 38.8 Å². The van der Waals surface area contributed by atoms with Crippen LogP contribution in [0.5, 0.6) is 0 Å². The Morgan fingerprint density at radius 3 is 2.12 bits per heavy atom. The predicted molar refractivity (Wildman–Crippen MR) is 73.2 cm³/mol. The summed E-state index contributed by atoms with van der Waals surface area (Å²) in [5.74, 6) is 0. The van der Waals surface area contributed by atoms with Gasteiger partial charge in [0.15, 0.2) is 0 Å². The molecule has 0 radical (unpaired) electrons. The fraction of sp³-hybridized carbons (Fsp3) is 0.600. The second-order valence-corrected chi connectivity index (χ2v) is 5.54. The van der Waals surface area contributed by atoms with Crippen molar-refractivity contribution in [3.05, 3.63) is 35.4 Å². The van der Waals surface area contributed by atoms with Crippen molar-refractivity contribution in [3.8, 4) is 0 Å². The molecule has 0 aliphatic heterocycles. The van der Waals surface area contributed by atoms with E-state index < -0.39 is 0 Å². The number of aliphatic hydroxyl groups is 1. The summed E-state index contributed by atoms with van der Waals surface area (Å²) in [6.07, 6.45) is 0. The lowest BCUT2D eigenvalue weighted by atomic mass is 9.87. The van der Waals surface area contributed by atoms with Crippen molar-refractivity contribution in [1.82, 2.24) is 4.90 Å². The van der Waals surface area contributed by atoms with Crippen LogP contribution in [0.15, 0.2) is 24.3 Å². The number of hydrogen-bond acceptors (Lipinski definition) is 2. The van der Waals surface area contributed by atoms with Gasteiger partial charge in [-0.15, -0.1) is 0 Å². The van der Waals surface area contributed by atoms with Gasteiger partial charge in [-0.2, -0.15) is 0 Å². The van der Waals surface area contributed by atoms with Crippen molar-refractivity contribution in [1.29, 1.82) is 0 Å². The highest BCUT2D eigenvalue weighted by Gasteiger charge is 2.13. The summed E-state index contributed by atoms with van der Waals surface area (Å²) in [5, 5.41) is 8.95. The van der Waals surface area contributed by atoms with Crippen molar-refractivity contribution < 1.29 is 5.11 Å². The molecule has 0 atom stereocenters. The number of nitrogens with zero attached hydrogens (tertiary/aromatic N) is 1. The van der Waals surface area contributed by atoms with Gasteiger partial charge in [0.05, 0.1) is 6.61 Å². The van der Waals surface area contributed by atoms with Crippen LogP contribution in [0.2, 0.25) is 0 Å². The lowest BCUT2D eigenvalue weighted by Crippen LogP contribution is -2.26. The summed E-state index contributed by atoms with van der Waals surface area (Å²) in [6, 6.07) is 8.81. The Bertz CT molecular complexity index is 324. The van der Waals surface area contributed by atoms with Crippen LogP contribution in [0.3, 0.4) is 0 Å². The fourth-order valence-electron chi connectivity index (χ4n) is 1.86. The lowest BCUT2D eigenvalue weighted by Gasteiger charge is -2.21. The molecule has 1 N–H and O–H groups in total. The molecule has 0 aliphatic carbocycles. The zero-order valence-electron chi connectivity index (χ0n) is 11.5. The monoisotopic (exact) mass is 235 g/mol. The molecule has 0 fully saturated rings. The van der Waals surface area contributed by atoms with Crippen LogP contribution in [-0.4, -0.2) is 29.7 Å². The molecule has 0 saturated carbocycles. The Labute approximate surface area is 105 Å². The summed E-state index contributed by atoms with van der Waals surface area (Å²) < 4.78 is 0. The fourth-order valence-corrected chi connectivity index (χ4v) is 1.86. The van der Waals surface area contributed by atoms with Gasteiger partial charge in [-0.3, -0.25) is 4.90 Å². The minimum atomic E-state index is 0.216. The highest BCUT2D eigenvalue weighted by molar-refractivity contribution is 5.27. The molecule has 0 heterocycles. The smallest absolute Gasteiger partial charge is 0.0558 e. The molecule has 0 bridgehead atoms. The van der Waals surface area contributed by atoms with Crippen LogP contribution in [-0.2, 0) is 12.0 Å². The lowest BCUT2D eigenvalue weighted by molar-refractivity contribution is 0.197. The van der Waals surface area contributed by atoms with E-state index in [-0.39, 0.29) is 12.0 Å². The molecule has 96 valence electrons. The van der Waals surface area contributed by atoms with E-state index in [1.807, 2.05) is 0 Å². The van der Waals surface area contributed by atoms with Gasteiger partial charge in [0.2, 0.25) is 0 Å². The van der Waals surface area contributed by atoms with E-state index >= 15 is 0 Å². The largest absolute Gasteiger partial charge is 0.395 e. The summed E-state index contributed by atoms with van der Waals surface area (Å²) in [6.45, 7) is 11.7. The molecule has 0 aliphatic rings. The number of benzene rings is 1. The van der Waals surface area contributed by atoms with Crippen molar-refractivity contribution >= 4 is 0 Å². The first-order chi connectivity index (χ1) is 7.97. The number of aliphatic hydroxyl groups excluding tert-OH is 1. The van der Waals surface area contributed by atoms with Crippen LogP contribution in [0.25, 0.3) is 0 Å². The van der Waals surface area contributed by atoms with Gasteiger partial charge in [-0.1, -0.05) is 52.0 Å². The molecule has 0 spiro atoms. The first-order valence-electron chi connectivity index (χ1n) is 6.40. The van der Waals surface area contributed by atoms with Crippen LogP contribution in [0, 0.1) is 0 Å². The first kappa shape index (κ1) is 14.2. The third kappa shape index (κ3) is 4.49. The average Bonchev–Trinajstić information content (AvgIpc) is 2.28. The van der Waals surface area contributed by atoms with Gasteiger partial charge < -0.3 is 5.11 Å². The van der Waals surface area contributed by atoms with Crippen molar-refractivity contribution in [3.63, 3.8) is 0 Å². The Hall–Kier alpha value is -0.860. The Kier molecular flexibility index (Phi) is 5.16. The van der Waals surface area contributed by atoms with E-state index in [4.69, 9.17) is 5.11 Å².